The summed E-state index contributed by atoms with van der Waals surface area (Å²) in [5.41, 5.74) is 0. The predicted octanol–water partition coefficient (Wildman–Crippen LogP) is 4.61. The fraction of sp³-hybridized carbons (Fsp3) is 1.00. The van der Waals surface area contributed by atoms with Gasteiger partial charge in [-0.15, -0.1) is 0 Å². The largest absolute Gasteiger partial charge is 0.223 e. The zero-order valence-corrected chi connectivity index (χ0v) is 15.1. The molecule has 0 saturated carbocycles. The minimum atomic E-state index is 0.760. The highest BCUT2D eigenvalue weighted by molar-refractivity contribution is 8.90. The van der Waals surface area contributed by atoms with Crippen LogP contribution in [0, 0.1) is 0 Å². The lowest BCUT2D eigenvalue weighted by molar-refractivity contribution is 1.07. The van der Waals surface area contributed by atoms with Gasteiger partial charge in [-0.1, -0.05) is 13.8 Å². The molecule has 0 spiro atoms. The molecule has 17 heavy (non-hydrogen) atoms. The molecule has 0 aromatic heterocycles. The highest BCUT2D eigenvalue weighted by Gasteiger charge is 2.52. The van der Waals surface area contributed by atoms with Crippen LogP contribution in [-0.2, 0) is 9.93 Å². The van der Waals surface area contributed by atoms with Crippen molar-refractivity contribution in [2.24, 2.45) is 0 Å². The lowest BCUT2D eigenvalue weighted by atomic mass is 10.6. The first-order valence-electron chi connectivity index (χ1n) is 6.48. The second-order valence-electron chi connectivity index (χ2n) is 3.82. The molecule has 2 atom stereocenters. The van der Waals surface area contributed by atoms with E-state index >= 15 is 0 Å². The lowest BCUT2D eigenvalue weighted by Crippen LogP contribution is -2.00. The Morgan fingerprint density at radius 3 is 2.47 bits per heavy atom. The number of hydrogen-bond donors (Lipinski definition) is 0. The Morgan fingerprint density at radius 2 is 1.71 bits per heavy atom. The molecule has 102 valence electrons. The highest BCUT2D eigenvalue weighted by Crippen LogP contribution is 2.49. The van der Waals surface area contributed by atoms with Crippen LogP contribution < -0.4 is 0 Å². The summed E-state index contributed by atoms with van der Waals surface area (Å²) in [5.74, 6) is 9.62. The molecular weight excluding hydrogens is 304 g/mol. The van der Waals surface area contributed by atoms with Gasteiger partial charge in [-0.3, -0.25) is 0 Å². The molecule has 1 saturated heterocycles. The molecule has 1 fully saturated rings. The van der Waals surface area contributed by atoms with Gasteiger partial charge >= 0.3 is 0 Å². The van der Waals surface area contributed by atoms with Crippen LogP contribution in [0.15, 0.2) is 0 Å². The van der Waals surface area contributed by atoms with E-state index in [9.17, 15) is 0 Å². The molecule has 0 aromatic carbocycles. The Bertz CT molecular complexity index is 176. The normalized spacial score (nSPS) is 22.9. The van der Waals surface area contributed by atoms with E-state index in [0.29, 0.717) is 0 Å². The van der Waals surface area contributed by atoms with Crippen molar-refractivity contribution in [1.82, 2.24) is 0 Å². The van der Waals surface area contributed by atoms with Crippen molar-refractivity contribution in [2.75, 3.05) is 40.3 Å². The Balaban J connectivity index is 1.78. The summed E-state index contributed by atoms with van der Waals surface area (Å²) in [6.45, 7) is 4.52. The maximum atomic E-state index is 2.28. The number of thioether (sulfide) groups is 3. The maximum Gasteiger partial charge on any atom is 0.223 e. The Kier molecular flexibility index (Phi) is 11.4. The molecule has 1 aliphatic heterocycles. The summed E-state index contributed by atoms with van der Waals surface area (Å²) in [6.07, 6.45) is 2.80. The van der Waals surface area contributed by atoms with Gasteiger partial charge in [0.1, 0.15) is 5.75 Å². The molecule has 0 amide bonds. The van der Waals surface area contributed by atoms with Crippen molar-refractivity contribution in [2.45, 2.75) is 31.3 Å². The summed E-state index contributed by atoms with van der Waals surface area (Å²) >= 11 is 6.38. The first-order chi connectivity index (χ1) is 8.38. The Hall–Kier alpha value is 1.75. The van der Waals surface area contributed by atoms with Gasteiger partial charge in [-0.25, -0.2) is 0 Å². The predicted molar refractivity (Wildman–Crippen MR) is 96.2 cm³/mol. The van der Waals surface area contributed by atoms with Gasteiger partial charge in [0.05, 0.1) is 9.93 Å². The third-order valence-corrected chi connectivity index (χ3v) is 10.7. The van der Waals surface area contributed by atoms with Crippen LogP contribution in [0.5, 0.6) is 0 Å². The molecule has 2 unspecified atom stereocenters. The second-order valence-corrected chi connectivity index (χ2v) is 12.3. The molecule has 0 N–H and O–H groups in total. The average Bonchev–Trinajstić information content (AvgIpc) is 3.08. The molecule has 1 heterocycles. The summed E-state index contributed by atoms with van der Waals surface area (Å²) in [4.78, 5) is 0. The molecule has 0 aromatic rings. The van der Waals surface area contributed by atoms with Crippen molar-refractivity contribution < 1.29 is 0 Å². The first-order valence-corrected chi connectivity index (χ1v) is 12.8. The lowest BCUT2D eigenvalue weighted by Gasteiger charge is -1.97. The van der Waals surface area contributed by atoms with E-state index in [1.54, 1.807) is 0 Å². The van der Waals surface area contributed by atoms with Crippen molar-refractivity contribution in [3.05, 3.63) is 0 Å². The summed E-state index contributed by atoms with van der Waals surface area (Å²) in [7, 11) is 3.02. The molecular formula is C12H25S5+. The summed E-state index contributed by atoms with van der Waals surface area (Å²) < 4.78 is 1.05. The molecule has 1 aliphatic rings. The Labute approximate surface area is 127 Å². The van der Waals surface area contributed by atoms with Gasteiger partial charge < -0.3 is 0 Å². The van der Waals surface area contributed by atoms with Gasteiger partial charge in [-0.2, -0.15) is 35.3 Å². The smallest absolute Gasteiger partial charge is 0.162 e. The first kappa shape index (κ1) is 16.8. The summed E-state index contributed by atoms with van der Waals surface area (Å²) in [6, 6.07) is 0. The average molecular weight is 330 g/mol. The third-order valence-electron chi connectivity index (χ3n) is 2.34. The third kappa shape index (κ3) is 9.31. The van der Waals surface area contributed by atoms with E-state index in [-0.39, 0.29) is 0 Å². The minimum absolute atomic E-state index is 0.760. The quantitative estimate of drug-likeness (QED) is 0.222. The van der Waals surface area contributed by atoms with Crippen molar-refractivity contribution in [3.63, 3.8) is 0 Å². The van der Waals surface area contributed by atoms with Crippen molar-refractivity contribution in [1.29, 1.82) is 0 Å². The topological polar surface area (TPSA) is 0 Å². The fourth-order valence-electron chi connectivity index (χ4n) is 1.41. The molecule has 1 rings (SSSR count). The molecule has 0 bridgehead atoms. The van der Waals surface area contributed by atoms with Gasteiger partial charge in [0.2, 0.25) is 4.58 Å². The van der Waals surface area contributed by atoms with Crippen LogP contribution in [0.2, 0.25) is 0 Å². The van der Waals surface area contributed by atoms with Crippen LogP contribution in [0.1, 0.15) is 26.7 Å². The standard InChI is InChI=1S/C12H25S5/c1-3-6-14-7-5-12-16-17(12)11-10-15-9-8-13-4-2/h12H,3-11H2,1-2H3/q+1. The van der Waals surface area contributed by atoms with Crippen LogP contribution in [-0.4, -0.2) is 44.9 Å². The Morgan fingerprint density at radius 1 is 0.941 bits per heavy atom. The highest BCUT2D eigenvalue weighted by atomic mass is 33.2. The van der Waals surface area contributed by atoms with E-state index in [1.165, 1.54) is 53.1 Å². The maximum absolute atomic E-state index is 2.28. The van der Waals surface area contributed by atoms with Gasteiger partial charge in [0.15, 0.2) is 10.8 Å². The van der Waals surface area contributed by atoms with Crippen LogP contribution in [0.4, 0.5) is 0 Å². The van der Waals surface area contributed by atoms with E-state index in [2.05, 4.69) is 59.9 Å². The molecule has 5 heteroatoms. The summed E-state index contributed by atoms with van der Waals surface area (Å²) in [5, 5.41) is 0. The SMILES string of the molecule is CCCSCCC1S[S+]1CCSCCSCC. The molecule has 0 radical (unpaired) electrons. The van der Waals surface area contributed by atoms with Gasteiger partial charge in [-0.05, 0) is 23.7 Å². The molecule has 0 nitrogen and oxygen atoms in total. The molecule has 0 aliphatic carbocycles. The monoisotopic (exact) mass is 329 g/mol. The van der Waals surface area contributed by atoms with E-state index < -0.39 is 0 Å². The zero-order valence-electron chi connectivity index (χ0n) is 11.0. The van der Waals surface area contributed by atoms with Crippen molar-refractivity contribution in [3.8, 4) is 0 Å². The second kappa shape index (κ2) is 11.6. The van der Waals surface area contributed by atoms with E-state index in [1.807, 2.05) is 0 Å². The number of hydrogen-bond acceptors (Lipinski definition) is 4. The van der Waals surface area contributed by atoms with Crippen LogP contribution in [0.3, 0.4) is 0 Å². The fourth-order valence-corrected chi connectivity index (χ4v) is 9.31. The minimum Gasteiger partial charge on any atom is -0.162 e. The van der Waals surface area contributed by atoms with E-state index in [0.717, 1.165) is 14.5 Å². The van der Waals surface area contributed by atoms with Gasteiger partial charge in [0, 0.05) is 23.7 Å². The zero-order chi connectivity index (χ0) is 12.3. The van der Waals surface area contributed by atoms with Crippen LogP contribution >= 0.6 is 46.1 Å². The van der Waals surface area contributed by atoms with Crippen molar-refractivity contribution >= 4 is 56.0 Å². The number of rotatable bonds is 12. The van der Waals surface area contributed by atoms with Crippen LogP contribution in [0.25, 0.3) is 0 Å². The van der Waals surface area contributed by atoms with E-state index in [4.69, 9.17) is 0 Å². The van der Waals surface area contributed by atoms with Gasteiger partial charge in [0.25, 0.3) is 0 Å².